The van der Waals surface area contributed by atoms with Gasteiger partial charge in [0, 0.05) is 58.4 Å². The number of benzene rings is 1. The van der Waals surface area contributed by atoms with Crippen molar-refractivity contribution in [3.8, 4) is 0 Å². The number of hydrogen-bond acceptors (Lipinski definition) is 5. The van der Waals surface area contributed by atoms with Gasteiger partial charge in [0.05, 0.1) is 17.9 Å². The fourth-order valence-electron chi connectivity index (χ4n) is 5.39. The average Bonchev–Trinajstić information content (AvgIpc) is 3.18. The lowest BCUT2D eigenvalue weighted by Crippen LogP contribution is -2.39. The van der Waals surface area contributed by atoms with Gasteiger partial charge in [-0.2, -0.15) is 10.2 Å². The summed E-state index contributed by atoms with van der Waals surface area (Å²) in [4.78, 5) is 19.4. The SMILES string of the molecule is C[C@H](CN1CCc2ccccc2C1)CN1CCN(Cc2ccc(C3CCOCC3)nn2)C1=O. The van der Waals surface area contributed by atoms with Gasteiger partial charge in [0.15, 0.2) is 0 Å². The second-order valence-corrected chi connectivity index (χ2v) is 9.85. The number of nitrogens with zero attached hydrogens (tertiary/aromatic N) is 5. The molecule has 0 aliphatic carbocycles. The Morgan fingerprint density at radius 3 is 2.55 bits per heavy atom. The molecule has 4 heterocycles. The smallest absolute Gasteiger partial charge is 0.320 e. The number of carbonyl (C=O) groups is 1. The third-order valence-electron chi connectivity index (χ3n) is 7.23. The Labute approximate surface area is 196 Å². The number of fused-ring (bicyclic) bond motifs is 1. The Kier molecular flexibility index (Phi) is 6.88. The maximum Gasteiger partial charge on any atom is 0.320 e. The predicted molar refractivity (Wildman–Crippen MR) is 127 cm³/mol. The van der Waals surface area contributed by atoms with Crippen LogP contribution in [0.4, 0.5) is 4.79 Å². The predicted octanol–water partition coefficient (Wildman–Crippen LogP) is 3.30. The van der Waals surface area contributed by atoms with Crippen LogP contribution in [0.2, 0.25) is 0 Å². The Morgan fingerprint density at radius 2 is 1.76 bits per heavy atom. The number of urea groups is 1. The number of aromatic nitrogens is 2. The minimum atomic E-state index is 0.126. The molecule has 1 aromatic carbocycles. The van der Waals surface area contributed by atoms with E-state index in [1.807, 2.05) is 15.9 Å². The van der Waals surface area contributed by atoms with Crippen LogP contribution in [0.3, 0.4) is 0 Å². The zero-order valence-electron chi connectivity index (χ0n) is 19.7. The molecule has 0 spiro atoms. The summed E-state index contributed by atoms with van der Waals surface area (Å²) in [6, 6.07) is 13.0. The third kappa shape index (κ3) is 5.36. The summed E-state index contributed by atoms with van der Waals surface area (Å²) >= 11 is 0. The van der Waals surface area contributed by atoms with Gasteiger partial charge >= 0.3 is 6.03 Å². The van der Waals surface area contributed by atoms with Crippen LogP contribution in [0.15, 0.2) is 36.4 Å². The van der Waals surface area contributed by atoms with Crippen LogP contribution in [-0.4, -0.2) is 76.9 Å². The van der Waals surface area contributed by atoms with Crippen LogP contribution >= 0.6 is 0 Å². The molecule has 176 valence electrons. The first-order valence-corrected chi connectivity index (χ1v) is 12.4. The fourth-order valence-corrected chi connectivity index (χ4v) is 5.39. The minimum absolute atomic E-state index is 0.126. The summed E-state index contributed by atoms with van der Waals surface area (Å²) in [6.45, 7) is 9.90. The van der Waals surface area contributed by atoms with Crippen molar-refractivity contribution >= 4 is 6.03 Å². The van der Waals surface area contributed by atoms with Gasteiger partial charge in [0.25, 0.3) is 0 Å². The van der Waals surface area contributed by atoms with Gasteiger partial charge in [-0.1, -0.05) is 31.2 Å². The van der Waals surface area contributed by atoms with Crippen LogP contribution in [0, 0.1) is 5.92 Å². The van der Waals surface area contributed by atoms with Crippen LogP contribution < -0.4 is 0 Å². The normalized spacial score (nSPS) is 20.8. The van der Waals surface area contributed by atoms with E-state index in [0.717, 1.165) is 83.1 Å². The van der Waals surface area contributed by atoms with Gasteiger partial charge in [-0.15, -0.1) is 0 Å². The second-order valence-electron chi connectivity index (χ2n) is 9.85. The summed E-state index contributed by atoms with van der Waals surface area (Å²) in [7, 11) is 0. The maximum absolute atomic E-state index is 13.0. The highest BCUT2D eigenvalue weighted by Gasteiger charge is 2.30. The number of ether oxygens (including phenoxy) is 1. The summed E-state index contributed by atoms with van der Waals surface area (Å²) in [6.07, 6.45) is 3.14. The van der Waals surface area contributed by atoms with Crippen molar-refractivity contribution in [1.29, 1.82) is 0 Å². The average molecular weight is 450 g/mol. The van der Waals surface area contributed by atoms with Crippen LogP contribution in [0.1, 0.15) is 48.2 Å². The minimum Gasteiger partial charge on any atom is -0.381 e. The molecule has 0 radical (unpaired) electrons. The first-order valence-electron chi connectivity index (χ1n) is 12.4. The summed E-state index contributed by atoms with van der Waals surface area (Å²) in [5.41, 5.74) is 4.84. The first kappa shape index (κ1) is 22.3. The molecule has 0 bridgehead atoms. The quantitative estimate of drug-likeness (QED) is 0.649. The summed E-state index contributed by atoms with van der Waals surface area (Å²) in [5, 5.41) is 8.88. The molecule has 2 fully saturated rings. The van der Waals surface area contributed by atoms with E-state index in [1.165, 1.54) is 11.1 Å². The first-order chi connectivity index (χ1) is 16.2. The van der Waals surface area contributed by atoms with Crippen molar-refractivity contribution in [2.45, 2.75) is 45.2 Å². The third-order valence-corrected chi connectivity index (χ3v) is 7.23. The lowest BCUT2D eigenvalue weighted by molar-refractivity contribution is 0.0843. The Balaban J connectivity index is 1.10. The van der Waals surface area contributed by atoms with Crippen molar-refractivity contribution in [3.63, 3.8) is 0 Å². The summed E-state index contributed by atoms with van der Waals surface area (Å²) in [5.74, 6) is 0.886. The highest BCUT2D eigenvalue weighted by atomic mass is 16.5. The molecule has 1 atom stereocenters. The standard InChI is InChI=1S/C26H35N5O2/c1-20(16-29-11-8-21-4-2-3-5-23(21)18-29)17-30-12-13-31(26(30)32)19-24-6-7-25(28-27-24)22-9-14-33-15-10-22/h2-7,20,22H,8-19H2,1H3/t20-/m1/s1. The second kappa shape index (κ2) is 10.2. The zero-order valence-corrected chi connectivity index (χ0v) is 19.7. The van der Waals surface area contributed by atoms with Crippen molar-refractivity contribution in [2.75, 3.05) is 45.9 Å². The van der Waals surface area contributed by atoms with Crippen LogP contribution in [-0.2, 0) is 24.2 Å². The maximum atomic E-state index is 13.0. The largest absolute Gasteiger partial charge is 0.381 e. The molecular formula is C26H35N5O2. The number of hydrogen-bond donors (Lipinski definition) is 0. The van der Waals surface area contributed by atoms with E-state index in [-0.39, 0.29) is 6.03 Å². The van der Waals surface area contributed by atoms with E-state index in [4.69, 9.17) is 4.74 Å². The van der Waals surface area contributed by atoms with Gasteiger partial charge in [-0.05, 0) is 48.4 Å². The lowest BCUT2D eigenvalue weighted by Gasteiger charge is -2.32. The molecule has 33 heavy (non-hydrogen) atoms. The highest BCUT2D eigenvalue weighted by Crippen LogP contribution is 2.25. The van der Waals surface area contributed by atoms with Gasteiger partial charge in [0.2, 0.25) is 0 Å². The van der Waals surface area contributed by atoms with E-state index in [2.05, 4.69) is 52.4 Å². The van der Waals surface area contributed by atoms with E-state index in [9.17, 15) is 4.79 Å². The topological polar surface area (TPSA) is 61.8 Å². The molecule has 7 heteroatoms. The number of rotatable bonds is 7. The van der Waals surface area contributed by atoms with Gasteiger partial charge in [0.1, 0.15) is 0 Å². The molecule has 3 aliphatic rings. The monoisotopic (exact) mass is 449 g/mol. The van der Waals surface area contributed by atoms with E-state index < -0.39 is 0 Å². The van der Waals surface area contributed by atoms with E-state index in [1.54, 1.807) is 0 Å². The van der Waals surface area contributed by atoms with Crippen molar-refractivity contribution in [3.05, 3.63) is 58.9 Å². The van der Waals surface area contributed by atoms with Crippen molar-refractivity contribution in [2.24, 2.45) is 5.92 Å². The van der Waals surface area contributed by atoms with Crippen molar-refractivity contribution in [1.82, 2.24) is 24.9 Å². The van der Waals surface area contributed by atoms with Gasteiger partial charge < -0.3 is 14.5 Å². The highest BCUT2D eigenvalue weighted by molar-refractivity contribution is 5.76. The van der Waals surface area contributed by atoms with Gasteiger partial charge in [-0.25, -0.2) is 4.79 Å². The molecule has 2 amide bonds. The van der Waals surface area contributed by atoms with Crippen molar-refractivity contribution < 1.29 is 9.53 Å². The molecule has 5 rings (SSSR count). The molecule has 0 unspecified atom stereocenters. The van der Waals surface area contributed by atoms with E-state index >= 15 is 0 Å². The van der Waals surface area contributed by atoms with E-state index in [0.29, 0.717) is 18.4 Å². The molecular weight excluding hydrogens is 414 g/mol. The van der Waals surface area contributed by atoms with Crippen LogP contribution in [0.5, 0.6) is 0 Å². The molecule has 0 saturated carbocycles. The van der Waals surface area contributed by atoms with Gasteiger partial charge in [-0.3, -0.25) is 4.90 Å². The molecule has 0 N–H and O–H groups in total. The molecule has 3 aliphatic heterocycles. The molecule has 2 aromatic rings. The molecule has 7 nitrogen and oxygen atoms in total. The Morgan fingerprint density at radius 1 is 0.970 bits per heavy atom. The molecule has 1 aromatic heterocycles. The Bertz CT molecular complexity index is 944. The number of amides is 2. The van der Waals surface area contributed by atoms with Crippen LogP contribution in [0.25, 0.3) is 0 Å². The zero-order chi connectivity index (χ0) is 22.6. The Hall–Kier alpha value is -2.51. The fraction of sp³-hybridized carbons (Fsp3) is 0.577. The summed E-state index contributed by atoms with van der Waals surface area (Å²) < 4.78 is 5.44. The number of carbonyl (C=O) groups excluding carboxylic acids is 1. The lowest BCUT2D eigenvalue weighted by atomic mass is 9.96. The molecule has 2 saturated heterocycles.